The number of aromatic nitrogens is 3. The van der Waals surface area contributed by atoms with Crippen LogP contribution >= 0.6 is 11.6 Å². The Labute approximate surface area is 168 Å². The molecule has 9 heteroatoms. The molecule has 0 saturated heterocycles. The van der Waals surface area contributed by atoms with E-state index in [1.54, 1.807) is 18.1 Å². The first-order valence-electron chi connectivity index (χ1n) is 8.47. The highest BCUT2D eigenvalue weighted by Gasteiger charge is 2.25. The van der Waals surface area contributed by atoms with Crippen molar-refractivity contribution in [3.63, 3.8) is 0 Å². The van der Waals surface area contributed by atoms with Crippen molar-refractivity contribution in [1.82, 2.24) is 19.7 Å². The third-order valence-electron chi connectivity index (χ3n) is 4.52. The van der Waals surface area contributed by atoms with E-state index in [0.29, 0.717) is 5.02 Å². The smallest absolute Gasteiger partial charge is 0.238 e. The van der Waals surface area contributed by atoms with Gasteiger partial charge >= 0.3 is 0 Å². The molecule has 28 heavy (non-hydrogen) atoms. The van der Waals surface area contributed by atoms with Crippen LogP contribution in [0, 0.1) is 0 Å². The monoisotopic (exact) mass is 418 g/mol. The second-order valence-corrected chi connectivity index (χ2v) is 8.75. The first-order valence-corrected chi connectivity index (χ1v) is 10.5. The van der Waals surface area contributed by atoms with Gasteiger partial charge in [-0.15, -0.1) is 0 Å². The molecule has 1 atom stereocenters. The maximum Gasteiger partial charge on any atom is 0.238 e. The summed E-state index contributed by atoms with van der Waals surface area (Å²) in [5.41, 5.74) is 1.72. The molecule has 0 fully saturated rings. The van der Waals surface area contributed by atoms with Gasteiger partial charge in [0.25, 0.3) is 0 Å². The zero-order chi connectivity index (χ0) is 20.3. The molecule has 1 aromatic heterocycles. The molecule has 0 aliphatic heterocycles. The van der Waals surface area contributed by atoms with Gasteiger partial charge in [0.05, 0.1) is 16.6 Å². The fourth-order valence-corrected chi connectivity index (χ4v) is 4.05. The maximum absolute atomic E-state index is 12.6. The molecule has 1 heterocycles. The molecule has 0 aliphatic rings. The summed E-state index contributed by atoms with van der Waals surface area (Å²) < 4.78 is 26.6. The lowest BCUT2D eigenvalue weighted by atomic mass is 10.1. The largest absolute Gasteiger partial charge is 0.338 e. The van der Waals surface area contributed by atoms with E-state index >= 15 is 0 Å². The summed E-state index contributed by atoms with van der Waals surface area (Å²) in [5.74, 6) is -1.09. The Morgan fingerprint density at radius 3 is 2.36 bits per heavy atom. The van der Waals surface area contributed by atoms with Crippen LogP contribution in [0.5, 0.6) is 0 Å². The van der Waals surface area contributed by atoms with E-state index in [0.717, 1.165) is 11.3 Å². The normalized spacial score (nSPS) is 12.5. The molecule has 0 unspecified atom stereocenters. The van der Waals surface area contributed by atoms with Crippen LogP contribution in [0.2, 0.25) is 5.02 Å². The van der Waals surface area contributed by atoms with Gasteiger partial charge in [0.15, 0.2) is 9.84 Å². The number of rotatable bonds is 6. The number of hydrogen-bond donors (Lipinski definition) is 0. The third-order valence-corrected chi connectivity index (χ3v) is 6.39. The molecule has 3 aromatic rings. The van der Waals surface area contributed by atoms with E-state index in [2.05, 4.69) is 10.1 Å². The molecule has 146 valence electrons. The van der Waals surface area contributed by atoms with Crippen LogP contribution < -0.4 is 0 Å². The lowest BCUT2D eigenvalue weighted by Gasteiger charge is -2.25. The van der Waals surface area contributed by atoms with Gasteiger partial charge in [0.2, 0.25) is 5.91 Å². The highest BCUT2D eigenvalue weighted by atomic mass is 35.5. The number of amides is 1. The summed E-state index contributed by atoms with van der Waals surface area (Å²) in [4.78, 5) is 18.0. The molecule has 2 aromatic carbocycles. The van der Waals surface area contributed by atoms with Crippen LogP contribution in [0.1, 0.15) is 18.5 Å². The zero-order valence-corrected chi connectivity index (χ0v) is 16.9. The summed E-state index contributed by atoms with van der Waals surface area (Å²) in [6.45, 7) is 1.84. The Hall–Kier alpha value is -2.71. The van der Waals surface area contributed by atoms with Gasteiger partial charge in [-0.3, -0.25) is 4.79 Å². The van der Waals surface area contributed by atoms with Gasteiger partial charge in [0, 0.05) is 12.1 Å². The van der Waals surface area contributed by atoms with Crippen molar-refractivity contribution in [2.24, 2.45) is 0 Å². The second kappa shape index (κ2) is 8.12. The first-order chi connectivity index (χ1) is 13.3. The molecule has 0 N–H and O–H groups in total. The van der Waals surface area contributed by atoms with Crippen molar-refractivity contribution in [1.29, 1.82) is 0 Å². The van der Waals surface area contributed by atoms with E-state index in [4.69, 9.17) is 11.6 Å². The van der Waals surface area contributed by atoms with Gasteiger partial charge in [-0.05, 0) is 48.9 Å². The van der Waals surface area contributed by atoms with Gasteiger partial charge < -0.3 is 4.90 Å². The van der Waals surface area contributed by atoms with Gasteiger partial charge in [-0.25, -0.2) is 18.1 Å². The number of carbonyl (C=O) groups is 1. The minimum Gasteiger partial charge on any atom is -0.338 e. The van der Waals surface area contributed by atoms with Gasteiger partial charge in [-0.1, -0.05) is 23.7 Å². The zero-order valence-electron chi connectivity index (χ0n) is 15.4. The number of benzene rings is 2. The van der Waals surface area contributed by atoms with Crippen molar-refractivity contribution >= 4 is 27.3 Å². The van der Waals surface area contributed by atoms with Crippen LogP contribution in [-0.4, -0.2) is 46.8 Å². The minimum absolute atomic E-state index is 0.0727. The Bertz CT molecular complexity index is 1050. The summed E-state index contributed by atoms with van der Waals surface area (Å²) in [5, 5.41) is 4.50. The summed E-state index contributed by atoms with van der Waals surface area (Å²) >= 11 is 5.79. The minimum atomic E-state index is -3.74. The van der Waals surface area contributed by atoms with Crippen molar-refractivity contribution in [3.8, 4) is 5.69 Å². The van der Waals surface area contributed by atoms with Crippen LogP contribution in [0.3, 0.4) is 0 Å². The highest BCUT2D eigenvalue weighted by Crippen LogP contribution is 2.22. The number of halogens is 1. The number of hydrogen-bond acceptors (Lipinski definition) is 5. The van der Waals surface area contributed by atoms with E-state index in [-0.39, 0.29) is 10.9 Å². The lowest BCUT2D eigenvalue weighted by molar-refractivity contribution is -0.129. The standard InChI is InChI=1S/C19H19ClN4O3S/c1-14(15-3-7-17(8-4-15)24-13-21-12-22-24)23(2)19(25)11-28(26,27)18-9-5-16(20)6-10-18/h3-10,12-14H,11H2,1-2H3/t14-/m0/s1. The summed E-state index contributed by atoms with van der Waals surface area (Å²) in [6, 6.07) is 13.0. The Morgan fingerprint density at radius 2 is 1.79 bits per heavy atom. The Balaban J connectivity index is 1.71. The molecule has 0 bridgehead atoms. The van der Waals surface area contributed by atoms with E-state index in [1.807, 2.05) is 31.2 Å². The molecule has 0 saturated carbocycles. The molecule has 3 rings (SSSR count). The average molecular weight is 419 g/mol. The quantitative estimate of drug-likeness (QED) is 0.614. The summed E-state index contributed by atoms with van der Waals surface area (Å²) in [7, 11) is -2.15. The fourth-order valence-electron chi connectivity index (χ4n) is 2.68. The van der Waals surface area contributed by atoms with Crippen molar-refractivity contribution in [3.05, 3.63) is 71.8 Å². The van der Waals surface area contributed by atoms with E-state index < -0.39 is 21.5 Å². The Morgan fingerprint density at radius 1 is 1.14 bits per heavy atom. The third kappa shape index (κ3) is 4.40. The second-order valence-electron chi connectivity index (χ2n) is 6.33. The number of nitrogens with zero attached hydrogens (tertiary/aromatic N) is 4. The molecular weight excluding hydrogens is 400 g/mol. The Kier molecular flexibility index (Phi) is 5.81. The molecule has 7 nitrogen and oxygen atoms in total. The van der Waals surface area contributed by atoms with Crippen molar-refractivity contribution in [2.45, 2.75) is 17.9 Å². The number of carbonyl (C=O) groups excluding carboxylic acids is 1. The van der Waals surface area contributed by atoms with E-state index in [1.165, 1.54) is 35.5 Å². The lowest BCUT2D eigenvalue weighted by Crippen LogP contribution is -2.34. The molecule has 0 aliphatic carbocycles. The fraction of sp³-hybridized carbons (Fsp3) is 0.211. The molecule has 1 amide bonds. The van der Waals surface area contributed by atoms with Crippen LogP contribution in [-0.2, 0) is 14.6 Å². The van der Waals surface area contributed by atoms with Crippen LogP contribution in [0.15, 0.2) is 66.1 Å². The summed E-state index contributed by atoms with van der Waals surface area (Å²) in [6.07, 6.45) is 3.04. The average Bonchev–Trinajstić information content (AvgIpc) is 3.21. The highest BCUT2D eigenvalue weighted by molar-refractivity contribution is 7.92. The van der Waals surface area contributed by atoms with Crippen molar-refractivity contribution < 1.29 is 13.2 Å². The predicted molar refractivity (Wildman–Crippen MR) is 106 cm³/mol. The van der Waals surface area contributed by atoms with Crippen molar-refractivity contribution in [2.75, 3.05) is 12.8 Å². The van der Waals surface area contributed by atoms with Gasteiger partial charge in [0.1, 0.15) is 18.4 Å². The van der Waals surface area contributed by atoms with E-state index in [9.17, 15) is 13.2 Å². The van der Waals surface area contributed by atoms with Gasteiger partial charge in [-0.2, -0.15) is 5.10 Å². The first kappa shape index (κ1) is 20.0. The van der Waals surface area contributed by atoms with Crippen LogP contribution in [0.25, 0.3) is 5.69 Å². The number of sulfone groups is 1. The molecule has 0 radical (unpaired) electrons. The molecular formula is C19H19ClN4O3S. The maximum atomic E-state index is 12.6. The predicted octanol–water partition coefficient (Wildman–Crippen LogP) is 2.91. The topological polar surface area (TPSA) is 85.2 Å². The SMILES string of the molecule is C[C@@H](c1ccc(-n2cncn2)cc1)N(C)C(=O)CS(=O)(=O)c1ccc(Cl)cc1. The van der Waals surface area contributed by atoms with Crippen LogP contribution in [0.4, 0.5) is 0 Å². The molecule has 0 spiro atoms.